The maximum atomic E-state index is 14.1. The predicted octanol–water partition coefficient (Wildman–Crippen LogP) is 4.27. The second kappa shape index (κ2) is 7.70. The van der Waals surface area contributed by atoms with Crippen molar-refractivity contribution in [1.82, 2.24) is 15.5 Å². The molecule has 1 aromatic carbocycles. The van der Waals surface area contributed by atoms with Crippen LogP contribution >= 0.6 is 11.6 Å². The van der Waals surface area contributed by atoms with E-state index in [4.69, 9.17) is 16.1 Å². The van der Waals surface area contributed by atoms with Gasteiger partial charge in [-0.1, -0.05) is 49.7 Å². The van der Waals surface area contributed by atoms with Crippen LogP contribution in [-0.4, -0.2) is 16.7 Å². The molecule has 0 aliphatic rings. The van der Waals surface area contributed by atoms with E-state index in [0.29, 0.717) is 30.2 Å². The molecule has 0 bridgehead atoms. The standard InChI is InChI=1S/C16H21ClFN3O/c1-4-13(11-6-5-7-12(17)15(11)18)19-9-8-14-20-16(10(2)3)21-22-14/h5-7,10,13,19H,4,8-9H2,1-3H3. The summed E-state index contributed by atoms with van der Waals surface area (Å²) < 4.78 is 19.3. The molecule has 2 rings (SSSR count). The molecule has 0 spiro atoms. The summed E-state index contributed by atoms with van der Waals surface area (Å²) in [6.45, 7) is 6.66. The molecule has 22 heavy (non-hydrogen) atoms. The highest BCUT2D eigenvalue weighted by Crippen LogP contribution is 2.25. The van der Waals surface area contributed by atoms with Crippen molar-refractivity contribution >= 4 is 11.6 Å². The van der Waals surface area contributed by atoms with Crippen LogP contribution in [0.15, 0.2) is 22.7 Å². The molecule has 4 nitrogen and oxygen atoms in total. The van der Waals surface area contributed by atoms with Crippen molar-refractivity contribution in [3.8, 4) is 0 Å². The molecule has 1 unspecified atom stereocenters. The summed E-state index contributed by atoms with van der Waals surface area (Å²) in [7, 11) is 0. The fourth-order valence-corrected chi connectivity index (χ4v) is 2.40. The van der Waals surface area contributed by atoms with Crippen molar-refractivity contribution in [1.29, 1.82) is 0 Å². The molecular weight excluding hydrogens is 305 g/mol. The van der Waals surface area contributed by atoms with Crippen molar-refractivity contribution < 1.29 is 8.91 Å². The normalized spacial score (nSPS) is 12.8. The Labute approximate surface area is 135 Å². The van der Waals surface area contributed by atoms with E-state index in [9.17, 15) is 4.39 Å². The summed E-state index contributed by atoms with van der Waals surface area (Å²) in [5.74, 6) is 1.19. The molecule has 2 aromatic rings. The lowest BCUT2D eigenvalue weighted by Crippen LogP contribution is -2.24. The highest BCUT2D eigenvalue weighted by atomic mass is 35.5. The summed E-state index contributed by atoms with van der Waals surface area (Å²) in [6, 6.07) is 4.98. The Bertz CT molecular complexity index is 615. The van der Waals surface area contributed by atoms with E-state index < -0.39 is 0 Å². The molecule has 0 saturated heterocycles. The first-order chi connectivity index (χ1) is 10.5. The second-order valence-electron chi connectivity index (χ2n) is 5.51. The van der Waals surface area contributed by atoms with Crippen LogP contribution < -0.4 is 5.32 Å². The Morgan fingerprint density at radius 3 is 2.77 bits per heavy atom. The number of nitrogens with one attached hydrogen (secondary N) is 1. The van der Waals surface area contributed by atoms with E-state index in [0.717, 1.165) is 6.42 Å². The van der Waals surface area contributed by atoms with Gasteiger partial charge in [0.1, 0.15) is 5.82 Å². The van der Waals surface area contributed by atoms with Crippen LogP contribution in [-0.2, 0) is 6.42 Å². The third-order valence-electron chi connectivity index (χ3n) is 3.49. The van der Waals surface area contributed by atoms with Crippen LogP contribution in [0.1, 0.15) is 56.4 Å². The molecule has 0 saturated carbocycles. The quantitative estimate of drug-likeness (QED) is 0.826. The van der Waals surface area contributed by atoms with E-state index in [1.807, 2.05) is 20.8 Å². The molecule has 1 heterocycles. The average Bonchev–Trinajstić information content (AvgIpc) is 2.96. The lowest BCUT2D eigenvalue weighted by Gasteiger charge is -2.18. The van der Waals surface area contributed by atoms with Crippen LogP contribution in [0.4, 0.5) is 4.39 Å². The number of benzene rings is 1. The third-order valence-corrected chi connectivity index (χ3v) is 3.79. The summed E-state index contributed by atoms with van der Waals surface area (Å²) >= 11 is 5.84. The van der Waals surface area contributed by atoms with Gasteiger partial charge in [-0.3, -0.25) is 0 Å². The highest BCUT2D eigenvalue weighted by molar-refractivity contribution is 6.30. The average molecular weight is 326 g/mol. The van der Waals surface area contributed by atoms with Gasteiger partial charge in [0.2, 0.25) is 5.89 Å². The Morgan fingerprint density at radius 2 is 2.14 bits per heavy atom. The van der Waals surface area contributed by atoms with Crippen LogP contribution in [0.5, 0.6) is 0 Å². The number of rotatable bonds is 7. The van der Waals surface area contributed by atoms with Crippen molar-refractivity contribution in [2.75, 3.05) is 6.54 Å². The van der Waals surface area contributed by atoms with Crippen LogP contribution in [0, 0.1) is 5.82 Å². The highest BCUT2D eigenvalue weighted by Gasteiger charge is 2.16. The first kappa shape index (κ1) is 16.9. The minimum Gasteiger partial charge on any atom is -0.339 e. The Balaban J connectivity index is 1.95. The maximum absolute atomic E-state index is 14.1. The number of nitrogens with zero attached hydrogens (tertiary/aromatic N) is 2. The summed E-state index contributed by atoms with van der Waals surface area (Å²) in [5, 5.41) is 7.39. The summed E-state index contributed by atoms with van der Waals surface area (Å²) in [6.07, 6.45) is 1.37. The molecule has 6 heteroatoms. The molecule has 0 aliphatic carbocycles. The summed E-state index contributed by atoms with van der Waals surface area (Å²) in [5.41, 5.74) is 0.586. The minimum atomic E-state index is -0.358. The molecule has 1 aromatic heterocycles. The lowest BCUT2D eigenvalue weighted by molar-refractivity contribution is 0.365. The van der Waals surface area contributed by atoms with Gasteiger partial charge in [0.15, 0.2) is 5.82 Å². The molecule has 120 valence electrons. The topological polar surface area (TPSA) is 51.0 Å². The number of hydrogen-bond donors (Lipinski definition) is 1. The molecular formula is C16H21ClFN3O. The Kier molecular flexibility index (Phi) is 5.91. The molecule has 0 fully saturated rings. The fourth-order valence-electron chi connectivity index (χ4n) is 2.22. The van der Waals surface area contributed by atoms with Crippen molar-refractivity contribution in [3.63, 3.8) is 0 Å². The van der Waals surface area contributed by atoms with Crippen molar-refractivity contribution in [2.45, 2.75) is 45.6 Å². The second-order valence-corrected chi connectivity index (χ2v) is 5.92. The van der Waals surface area contributed by atoms with Crippen LogP contribution in [0.2, 0.25) is 5.02 Å². The molecule has 1 N–H and O–H groups in total. The van der Waals surface area contributed by atoms with Gasteiger partial charge < -0.3 is 9.84 Å². The zero-order valence-corrected chi connectivity index (χ0v) is 13.8. The van der Waals surface area contributed by atoms with E-state index in [1.54, 1.807) is 18.2 Å². The van der Waals surface area contributed by atoms with Crippen LogP contribution in [0.3, 0.4) is 0 Å². The number of aromatic nitrogens is 2. The summed E-state index contributed by atoms with van der Waals surface area (Å²) in [4.78, 5) is 4.32. The first-order valence-electron chi connectivity index (χ1n) is 7.52. The van der Waals surface area contributed by atoms with Gasteiger partial charge in [0.05, 0.1) is 5.02 Å². The Hall–Kier alpha value is -1.46. The smallest absolute Gasteiger partial charge is 0.227 e. The predicted molar refractivity (Wildman–Crippen MR) is 84.5 cm³/mol. The van der Waals surface area contributed by atoms with Crippen molar-refractivity contribution in [2.24, 2.45) is 0 Å². The fraction of sp³-hybridized carbons (Fsp3) is 0.500. The Morgan fingerprint density at radius 1 is 1.36 bits per heavy atom. The molecule has 0 aliphatic heterocycles. The van der Waals surface area contributed by atoms with E-state index in [2.05, 4.69) is 15.5 Å². The molecule has 1 atom stereocenters. The van der Waals surface area contributed by atoms with Crippen LogP contribution in [0.25, 0.3) is 0 Å². The van der Waals surface area contributed by atoms with Gasteiger partial charge >= 0.3 is 0 Å². The third kappa shape index (κ3) is 4.05. The number of halogens is 2. The van der Waals surface area contributed by atoms with Gasteiger partial charge in [-0.25, -0.2) is 4.39 Å². The monoisotopic (exact) mass is 325 g/mol. The zero-order valence-electron chi connectivity index (χ0n) is 13.1. The van der Waals surface area contributed by atoms with Gasteiger partial charge in [-0.15, -0.1) is 0 Å². The zero-order chi connectivity index (χ0) is 16.1. The van der Waals surface area contributed by atoms with E-state index >= 15 is 0 Å². The van der Waals surface area contributed by atoms with Gasteiger partial charge in [0.25, 0.3) is 0 Å². The van der Waals surface area contributed by atoms with Crippen molar-refractivity contribution in [3.05, 3.63) is 46.3 Å². The van der Waals surface area contributed by atoms with Gasteiger partial charge in [0, 0.05) is 30.5 Å². The largest absolute Gasteiger partial charge is 0.339 e. The first-order valence-corrected chi connectivity index (χ1v) is 7.90. The van der Waals surface area contributed by atoms with Gasteiger partial charge in [-0.2, -0.15) is 4.98 Å². The SMILES string of the molecule is CCC(NCCc1nc(C(C)C)no1)c1cccc(Cl)c1F. The molecule has 0 radical (unpaired) electrons. The minimum absolute atomic E-state index is 0.0915. The molecule has 0 amide bonds. The van der Waals surface area contributed by atoms with E-state index in [-0.39, 0.29) is 22.8 Å². The maximum Gasteiger partial charge on any atom is 0.227 e. The van der Waals surface area contributed by atoms with E-state index in [1.165, 1.54) is 0 Å². The number of hydrogen-bond acceptors (Lipinski definition) is 4. The van der Waals surface area contributed by atoms with Gasteiger partial charge in [-0.05, 0) is 12.5 Å². The lowest BCUT2D eigenvalue weighted by atomic mass is 10.0.